The van der Waals surface area contributed by atoms with Crippen LogP contribution in [0.25, 0.3) is 10.9 Å². The standard InChI is InChI=1S/C23H25FN4/c24-19-8-6-17(7-9-19)20-14-26-27-23(20)22-4-2-12-28(22)15-16-5-10-21-18(13-16)3-1-11-25-21/h1,3,5-11,13,20,22-23,26-27H,2,4,12,14-15H2. The molecule has 144 valence electrons. The molecule has 4 nitrogen and oxygen atoms in total. The first-order valence-electron chi connectivity index (χ1n) is 10.1. The zero-order valence-electron chi connectivity index (χ0n) is 15.8. The van der Waals surface area contributed by atoms with Crippen LogP contribution in [0, 0.1) is 5.82 Å². The van der Waals surface area contributed by atoms with E-state index in [2.05, 4.69) is 45.0 Å². The van der Waals surface area contributed by atoms with Crippen molar-refractivity contribution in [1.29, 1.82) is 0 Å². The average molecular weight is 376 g/mol. The summed E-state index contributed by atoms with van der Waals surface area (Å²) in [5.74, 6) is 0.180. The number of aromatic nitrogens is 1. The lowest BCUT2D eigenvalue weighted by molar-refractivity contribution is 0.196. The molecule has 0 bridgehead atoms. The zero-order chi connectivity index (χ0) is 18.9. The Labute approximate surface area is 164 Å². The molecule has 3 unspecified atom stereocenters. The molecule has 2 N–H and O–H groups in total. The third kappa shape index (κ3) is 3.41. The highest BCUT2D eigenvalue weighted by Gasteiger charge is 2.39. The second-order valence-corrected chi connectivity index (χ2v) is 7.92. The maximum atomic E-state index is 13.3. The van der Waals surface area contributed by atoms with Crippen LogP contribution in [-0.4, -0.2) is 35.1 Å². The molecule has 2 aromatic carbocycles. The Kier molecular flexibility index (Phi) is 4.81. The van der Waals surface area contributed by atoms with Crippen molar-refractivity contribution in [3.05, 3.63) is 77.7 Å². The number of likely N-dealkylation sites (tertiary alicyclic amines) is 1. The van der Waals surface area contributed by atoms with E-state index in [1.54, 1.807) is 12.1 Å². The van der Waals surface area contributed by atoms with Crippen molar-refractivity contribution in [2.75, 3.05) is 13.1 Å². The number of benzene rings is 2. The molecule has 28 heavy (non-hydrogen) atoms. The zero-order valence-corrected chi connectivity index (χ0v) is 15.8. The molecule has 2 saturated heterocycles. The van der Waals surface area contributed by atoms with Crippen molar-refractivity contribution in [2.45, 2.75) is 37.4 Å². The maximum Gasteiger partial charge on any atom is 0.123 e. The van der Waals surface area contributed by atoms with Crippen LogP contribution in [0.2, 0.25) is 0 Å². The van der Waals surface area contributed by atoms with Crippen LogP contribution in [0.5, 0.6) is 0 Å². The van der Waals surface area contributed by atoms with Crippen molar-refractivity contribution < 1.29 is 4.39 Å². The van der Waals surface area contributed by atoms with Gasteiger partial charge in [0.25, 0.3) is 0 Å². The summed E-state index contributed by atoms with van der Waals surface area (Å²) in [6.07, 6.45) is 4.24. The highest BCUT2D eigenvalue weighted by molar-refractivity contribution is 5.78. The Morgan fingerprint density at radius 2 is 2.00 bits per heavy atom. The largest absolute Gasteiger partial charge is 0.295 e. The predicted molar refractivity (Wildman–Crippen MR) is 109 cm³/mol. The second-order valence-electron chi connectivity index (χ2n) is 7.92. The van der Waals surface area contributed by atoms with Crippen LogP contribution in [0.15, 0.2) is 60.8 Å². The summed E-state index contributed by atoms with van der Waals surface area (Å²) in [6.45, 7) is 2.94. The summed E-state index contributed by atoms with van der Waals surface area (Å²) in [4.78, 5) is 7.02. The van der Waals surface area contributed by atoms with E-state index in [0.29, 0.717) is 18.0 Å². The van der Waals surface area contributed by atoms with Crippen LogP contribution in [0.3, 0.4) is 0 Å². The summed E-state index contributed by atoms with van der Waals surface area (Å²) in [7, 11) is 0. The minimum absolute atomic E-state index is 0.174. The summed E-state index contributed by atoms with van der Waals surface area (Å²) in [6, 6.07) is 18.5. The topological polar surface area (TPSA) is 40.2 Å². The SMILES string of the molecule is Fc1ccc(C2CNNC2C2CCCN2Cc2ccc3ncccc3c2)cc1. The fourth-order valence-corrected chi connectivity index (χ4v) is 4.83. The molecular weight excluding hydrogens is 351 g/mol. The fourth-order valence-electron chi connectivity index (χ4n) is 4.83. The molecular formula is C23H25FN4. The van der Waals surface area contributed by atoms with Crippen LogP contribution in [-0.2, 0) is 6.54 Å². The molecule has 0 spiro atoms. The van der Waals surface area contributed by atoms with Gasteiger partial charge in [-0.3, -0.25) is 20.7 Å². The average Bonchev–Trinajstić information content (AvgIpc) is 3.37. The fraction of sp³-hybridized carbons (Fsp3) is 0.348. The molecule has 3 heterocycles. The number of nitrogens with zero attached hydrogens (tertiary/aromatic N) is 2. The summed E-state index contributed by atoms with van der Waals surface area (Å²) >= 11 is 0. The van der Waals surface area contributed by atoms with Crippen molar-refractivity contribution in [2.24, 2.45) is 0 Å². The number of halogens is 1. The monoisotopic (exact) mass is 376 g/mol. The van der Waals surface area contributed by atoms with Crippen molar-refractivity contribution >= 4 is 10.9 Å². The van der Waals surface area contributed by atoms with E-state index in [1.807, 2.05) is 24.4 Å². The Bertz CT molecular complexity index is 958. The Balaban J connectivity index is 1.36. The molecule has 2 aliphatic rings. The lowest BCUT2D eigenvalue weighted by Crippen LogP contribution is -2.47. The van der Waals surface area contributed by atoms with Gasteiger partial charge in [-0.1, -0.05) is 24.3 Å². The minimum Gasteiger partial charge on any atom is -0.295 e. The first-order valence-corrected chi connectivity index (χ1v) is 10.1. The van der Waals surface area contributed by atoms with Gasteiger partial charge in [0, 0.05) is 42.7 Å². The van der Waals surface area contributed by atoms with Gasteiger partial charge in [-0.05, 0) is 60.8 Å². The molecule has 2 aliphatic heterocycles. The Morgan fingerprint density at radius 3 is 2.89 bits per heavy atom. The smallest absolute Gasteiger partial charge is 0.123 e. The third-order valence-electron chi connectivity index (χ3n) is 6.20. The molecule has 5 heteroatoms. The number of pyridine rings is 1. The van der Waals surface area contributed by atoms with Gasteiger partial charge in [0.1, 0.15) is 5.82 Å². The van der Waals surface area contributed by atoms with E-state index in [1.165, 1.54) is 29.4 Å². The molecule has 1 aromatic heterocycles. The lowest BCUT2D eigenvalue weighted by atomic mass is 9.87. The third-order valence-corrected chi connectivity index (χ3v) is 6.20. The Hall–Kier alpha value is -2.34. The molecule has 0 radical (unpaired) electrons. The highest BCUT2D eigenvalue weighted by Crippen LogP contribution is 2.32. The van der Waals surface area contributed by atoms with E-state index < -0.39 is 0 Å². The van der Waals surface area contributed by atoms with Crippen LogP contribution < -0.4 is 10.9 Å². The number of hydrazine groups is 1. The predicted octanol–water partition coefficient (Wildman–Crippen LogP) is 3.60. The first-order chi connectivity index (χ1) is 13.8. The van der Waals surface area contributed by atoms with Gasteiger partial charge in [0.05, 0.1) is 5.52 Å². The number of rotatable bonds is 4. The van der Waals surface area contributed by atoms with Gasteiger partial charge in [0.15, 0.2) is 0 Å². The Morgan fingerprint density at radius 1 is 1.11 bits per heavy atom. The summed E-state index contributed by atoms with van der Waals surface area (Å²) in [5, 5.41) is 1.19. The van der Waals surface area contributed by atoms with E-state index in [-0.39, 0.29) is 5.82 Å². The second kappa shape index (κ2) is 7.59. The molecule has 0 amide bonds. The number of nitrogens with one attached hydrogen (secondary N) is 2. The number of fused-ring (bicyclic) bond motifs is 1. The van der Waals surface area contributed by atoms with Gasteiger partial charge in [0.2, 0.25) is 0 Å². The van der Waals surface area contributed by atoms with Crippen molar-refractivity contribution in [3.8, 4) is 0 Å². The van der Waals surface area contributed by atoms with Crippen LogP contribution >= 0.6 is 0 Å². The quantitative estimate of drug-likeness (QED) is 0.730. The van der Waals surface area contributed by atoms with Gasteiger partial charge >= 0.3 is 0 Å². The minimum atomic E-state index is -0.174. The number of hydrogen-bond acceptors (Lipinski definition) is 4. The van der Waals surface area contributed by atoms with Gasteiger partial charge in [-0.15, -0.1) is 0 Å². The highest BCUT2D eigenvalue weighted by atomic mass is 19.1. The molecule has 2 fully saturated rings. The number of hydrogen-bond donors (Lipinski definition) is 2. The van der Waals surface area contributed by atoms with Crippen LogP contribution in [0.4, 0.5) is 4.39 Å². The maximum absolute atomic E-state index is 13.3. The van der Waals surface area contributed by atoms with E-state index in [9.17, 15) is 4.39 Å². The molecule has 3 aromatic rings. The van der Waals surface area contributed by atoms with E-state index >= 15 is 0 Å². The van der Waals surface area contributed by atoms with Crippen molar-refractivity contribution in [1.82, 2.24) is 20.7 Å². The molecule has 5 rings (SSSR count). The molecule has 3 atom stereocenters. The lowest BCUT2D eigenvalue weighted by Gasteiger charge is -2.32. The van der Waals surface area contributed by atoms with Crippen molar-refractivity contribution in [3.63, 3.8) is 0 Å². The normalized spacial score (nSPS) is 25.5. The van der Waals surface area contributed by atoms with E-state index in [4.69, 9.17) is 0 Å². The van der Waals surface area contributed by atoms with Gasteiger partial charge in [-0.2, -0.15) is 0 Å². The van der Waals surface area contributed by atoms with Gasteiger partial charge < -0.3 is 0 Å². The summed E-state index contributed by atoms with van der Waals surface area (Å²) in [5.41, 5.74) is 10.4. The molecule has 0 aliphatic carbocycles. The van der Waals surface area contributed by atoms with E-state index in [0.717, 1.165) is 25.2 Å². The molecule has 0 saturated carbocycles. The summed E-state index contributed by atoms with van der Waals surface area (Å²) < 4.78 is 13.3. The van der Waals surface area contributed by atoms with Gasteiger partial charge in [-0.25, -0.2) is 4.39 Å². The van der Waals surface area contributed by atoms with Crippen LogP contribution in [0.1, 0.15) is 29.9 Å². The first kappa shape index (κ1) is 17.7.